The van der Waals surface area contributed by atoms with Crippen LogP contribution in [0.15, 0.2) is 48.8 Å². The van der Waals surface area contributed by atoms with Gasteiger partial charge in [-0.15, -0.1) is 0 Å². The Bertz CT molecular complexity index is 844. The highest BCUT2D eigenvalue weighted by molar-refractivity contribution is 5.90. The number of hydrogen-bond donors (Lipinski definition) is 1. The fourth-order valence-corrected chi connectivity index (χ4v) is 4.48. The Morgan fingerprint density at radius 2 is 1.65 bits per heavy atom. The van der Waals surface area contributed by atoms with Crippen LogP contribution in [0.5, 0.6) is 0 Å². The van der Waals surface area contributed by atoms with Crippen molar-refractivity contribution in [3.05, 3.63) is 59.9 Å². The number of hydrogen-bond acceptors (Lipinski definition) is 5. The van der Waals surface area contributed by atoms with Gasteiger partial charge in [0, 0.05) is 70.4 Å². The molecule has 4 rings (SSSR count). The number of ether oxygens (including phenoxy) is 1. The van der Waals surface area contributed by atoms with E-state index in [0.717, 1.165) is 63.6 Å². The normalized spacial score (nSPS) is 23.0. The molecule has 166 valence electrons. The highest BCUT2D eigenvalue weighted by Gasteiger charge is 2.24. The third kappa shape index (κ3) is 6.03. The molecule has 0 bridgehead atoms. The number of carbonyl (C=O) groups excluding carboxylic acids is 1. The molecule has 0 spiro atoms. The second-order valence-corrected chi connectivity index (χ2v) is 8.66. The standard InChI is InChI=1S/C24H33N5O2/c1-19-15-28(16-20(2)31-19)18-22-5-3-4-6-23(22)26-24(30)29-13-11-27(12-14-29)17-21-7-9-25-10-8-21/h3-10,19-20H,11-18H2,1-2H3,(H,26,30). The van der Waals surface area contributed by atoms with Crippen LogP contribution in [-0.2, 0) is 17.8 Å². The molecule has 1 N–H and O–H groups in total. The van der Waals surface area contributed by atoms with Crippen LogP contribution in [0.3, 0.4) is 0 Å². The third-order valence-corrected chi connectivity index (χ3v) is 5.96. The zero-order valence-electron chi connectivity index (χ0n) is 18.5. The van der Waals surface area contributed by atoms with Gasteiger partial charge in [0.05, 0.1) is 12.2 Å². The molecule has 31 heavy (non-hydrogen) atoms. The minimum Gasteiger partial charge on any atom is -0.373 e. The Balaban J connectivity index is 1.31. The SMILES string of the molecule is CC1CN(Cc2ccccc2NC(=O)N2CCN(Cc3ccncc3)CC2)CC(C)O1. The monoisotopic (exact) mass is 423 g/mol. The van der Waals surface area contributed by atoms with Crippen molar-refractivity contribution in [2.24, 2.45) is 0 Å². The molecule has 0 radical (unpaired) electrons. The summed E-state index contributed by atoms with van der Waals surface area (Å²) < 4.78 is 5.85. The van der Waals surface area contributed by atoms with E-state index < -0.39 is 0 Å². The molecule has 2 unspecified atom stereocenters. The minimum atomic E-state index is -0.0141. The van der Waals surface area contributed by atoms with Crippen molar-refractivity contribution in [1.29, 1.82) is 0 Å². The van der Waals surface area contributed by atoms with E-state index in [0.29, 0.717) is 0 Å². The van der Waals surface area contributed by atoms with Crippen molar-refractivity contribution >= 4 is 11.7 Å². The largest absolute Gasteiger partial charge is 0.373 e. The summed E-state index contributed by atoms with van der Waals surface area (Å²) >= 11 is 0. The van der Waals surface area contributed by atoms with E-state index in [-0.39, 0.29) is 18.2 Å². The number of amides is 2. The first-order chi connectivity index (χ1) is 15.1. The molecule has 2 fully saturated rings. The number of anilines is 1. The van der Waals surface area contributed by atoms with Crippen molar-refractivity contribution in [3.8, 4) is 0 Å². The van der Waals surface area contributed by atoms with Gasteiger partial charge in [-0.05, 0) is 43.2 Å². The molecular weight excluding hydrogens is 390 g/mol. The molecule has 7 heteroatoms. The van der Waals surface area contributed by atoms with Gasteiger partial charge in [0.2, 0.25) is 0 Å². The van der Waals surface area contributed by atoms with Crippen LogP contribution >= 0.6 is 0 Å². The quantitative estimate of drug-likeness (QED) is 0.801. The van der Waals surface area contributed by atoms with Gasteiger partial charge in [-0.25, -0.2) is 4.79 Å². The summed E-state index contributed by atoms with van der Waals surface area (Å²) in [6.45, 7) is 11.0. The van der Waals surface area contributed by atoms with Gasteiger partial charge >= 0.3 is 6.03 Å². The Labute approximate surface area is 185 Å². The number of benzene rings is 1. The van der Waals surface area contributed by atoms with Gasteiger partial charge in [-0.3, -0.25) is 14.8 Å². The molecule has 3 heterocycles. The van der Waals surface area contributed by atoms with Crippen LogP contribution < -0.4 is 5.32 Å². The number of nitrogens with one attached hydrogen (secondary N) is 1. The maximum absolute atomic E-state index is 12.9. The smallest absolute Gasteiger partial charge is 0.321 e. The Kier molecular flexibility index (Phi) is 7.17. The minimum absolute atomic E-state index is 0.0141. The van der Waals surface area contributed by atoms with Gasteiger partial charge in [0.15, 0.2) is 0 Å². The van der Waals surface area contributed by atoms with Crippen molar-refractivity contribution in [2.45, 2.75) is 39.1 Å². The second-order valence-electron chi connectivity index (χ2n) is 8.66. The predicted molar refractivity (Wildman–Crippen MR) is 122 cm³/mol. The van der Waals surface area contributed by atoms with Gasteiger partial charge in [-0.1, -0.05) is 18.2 Å². The molecule has 2 amide bonds. The lowest BCUT2D eigenvalue weighted by atomic mass is 10.1. The number of piperazine rings is 1. The van der Waals surface area contributed by atoms with Crippen molar-refractivity contribution in [2.75, 3.05) is 44.6 Å². The van der Waals surface area contributed by atoms with Crippen LogP contribution in [0.4, 0.5) is 10.5 Å². The number of nitrogens with zero attached hydrogens (tertiary/aromatic N) is 4. The van der Waals surface area contributed by atoms with E-state index in [2.05, 4.69) is 40.0 Å². The summed E-state index contributed by atoms with van der Waals surface area (Å²) in [5.74, 6) is 0. The number of para-hydroxylation sites is 1. The Morgan fingerprint density at radius 3 is 2.35 bits per heavy atom. The average molecular weight is 424 g/mol. The molecule has 1 aromatic carbocycles. The van der Waals surface area contributed by atoms with Crippen LogP contribution in [0, 0.1) is 0 Å². The number of pyridine rings is 1. The molecule has 2 saturated heterocycles. The average Bonchev–Trinajstić information content (AvgIpc) is 2.76. The molecule has 0 saturated carbocycles. The lowest BCUT2D eigenvalue weighted by molar-refractivity contribution is -0.0704. The Hall–Kier alpha value is -2.48. The molecular formula is C24H33N5O2. The zero-order valence-corrected chi connectivity index (χ0v) is 18.5. The van der Waals surface area contributed by atoms with Crippen LogP contribution in [0.25, 0.3) is 0 Å². The third-order valence-electron chi connectivity index (χ3n) is 5.96. The first-order valence-electron chi connectivity index (χ1n) is 11.2. The van der Waals surface area contributed by atoms with Gasteiger partial charge in [0.25, 0.3) is 0 Å². The molecule has 2 aliphatic rings. The fraction of sp³-hybridized carbons (Fsp3) is 0.500. The zero-order chi connectivity index (χ0) is 21.6. The lowest BCUT2D eigenvalue weighted by Gasteiger charge is -2.36. The van der Waals surface area contributed by atoms with Gasteiger partial charge in [-0.2, -0.15) is 0 Å². The van der Waals surface area contributed by atoms with E-state index in [4.69, 9.17) is 4.74 Å². The van der Waals surface area contributed by atoms with Gasteiger partial charge < -0.3 is 15.0 Å². The molecule has 7 nitrogen and oxygen atoms in total. The fourth-order valence-electron chi connectivity index (χ4n) is 4.48. The maximum Gasteiger partial charge on any atom is 0.321 e. The first-order valence-corrected chi connectivity index (χ1v) is 11.2. The molecule has 1 aromatic heterocycles. The number of urea groups is 1. The van der Waals surface area contributed by atoms with Crippen molar-refractivity contribution < 1.29 is 9.53 Å². The lowest BCUT2D eigenvalue weighted by Crippen LogP contribution is -2.49. The van der Waals surface area contributed by atoms with E-state index in [1.165, 1.54) is 5.56 Å². The second kappa shape index (κ2) is 10.2. The first kappa shape index (κ1) is 21.7. The van der Waals surface area contributed by atoms with Gasteiger partial charge in [0.1, 0.15) is 0 Å². The maximum atomic E-state index is 12.9. The van der Waals surface area contributed by atoms with Crippen LogP contribution in [0.1, 0.15) is 25.0 Å². The van der Waals surface area contributed by atoms with E-state index in [9.17, 15) is 4.79 Å². The number of aromatic nitrogens is 1. The molecule has 2 atom stereocenters. The Morgan fingerprint density at radius 1 is 0.968 bits per heavy atom. The topological polar surface area (TPSA) is 60.9 Å². The van der Waals surface area contributed by atoms with E-state index in [1.807, 2.05) is 47.6 Å². The molecule has 2 aromatic rings. The van der Waals surface area contributed by atoms with E-state index in [1.54, 1.807) is 0 Å². The number of carbonyl (C=O) groups is 1. The number of morpholine rings is 1. The summed E-state index contributed by atoms with van der Waals surface area (Å²) in [5, 5.41) is 3.16. The molecule has 2 aliphatic heterocycles. The predicted octanol–water partition coefficient (Wildman–Crippen LogP) is 3.04. The van der Waals surface area contributed by atoms with Crippen molar-refractivity contribution in [1.82, 2.24) is 19.7 Å². The number of rotatable bonds is 5. The summed E-state index contributed by atoms with van der Waals surface area (Å²) in [6, 6.07) is 12.2. The summed E-state index contributed by atoms with van der Waals surface area (Å²) in [7, 11) is 0. The molecule has 0 aliphatic carbocycles. The summed E-state index contributed by atoms with van der Waals surface area (Å²) in [6.07, 6.45) is 4.12. The van der Waals surface area contributed by atoms with E-state index >= 15 is 0 Å². The van der Waals surface area contributed by atoms with Crippen LogP contribution in [-0.4, -0.2) is 77.2 Å². The summed E-state index contributed by atoms with van der Waals surface area (Å²) in [4.78, 5) is 23.7. The highest BCUT2D eigenvalue weighted by Crippen LogP contribution is 2.21. The highest BCUT2D eigenvalue weighted by atomic mass is 16.5. The summed E-state index contributed by atoms with van der Waals surface area (Å²) in [5.41, 5.74) is 3.31. The van der Waals surface area contributed by atoms with Crippen LogP contribution in [0.2, 0.25) is 0 Å². The van der Waals surface area contributed by atoms with Crippen molar-refractivity contribution in [3.63, 3.8) is 0 Å².